The molecular weight excluding hydrogens is 322 g/mol. The summed E-state index contributed by atoms with van der Waals surface area (Å²) >= 11 is 0. The summed E-state index contributed by atoms with van der Waals surface area (Å²) in [5.41, 5.74) is 1.67. The van der Waals surface area contributed by atoms with Gasteiger partial charge in [0.1, 0.15) is 0 Å². The molecule has 1 aliphatic heterocycles. The number of fused-ring (bicyclic) bond motifs is 1. The molecule has 2 aromatic rings. The van der Waals surface area contributed by atoms with Crippen LogP contribution in [0.25, 0.3) is 0 Å². The number of rotatable bonds is 4. The van der Waals surface area contributed by atoms with Crippen LogP contribution in [0.4, 0.5) is 0 Å². The predicted molar refractivity (Wildman–Crippen MR) is 91.9 cm³/mol. The second-order valence-electron chi connectivity index (χ2n) is 6.99. The lowest BCUT2D eigenvalue weighted by Gasteiger charge is -2.31. The van der Waals surface area contributed by atoms with Crippen LogP contribution < -0.4 is 0 Å². The summed E-state index contributed by atoms with van der Waals surface area (Å²) in [5.74, 6) is 0.243. The van der Waals surface area contributed by atoms with Crippen LogP contribution in [0, 0.1) is 18.3 Å². The van der Waals surface area contributed by atoms with Crippen molar-refractivity contribution in [2.24, 2.45) is 11.3 Å². The maximum Gasteiger partial charge on any atom is 0.243 e. The van der Waals surface area contributed by atoms with Crippen molar-refractivity contribution in [1.29, 1.82) is 0 Å². The van der Waals surface area contributed by atoms with Crippen molar-refractivity contribution in [1.82, 2.24) is 4.31 Å². The van der Waals surface area contributed by atoms with Gasteiger partial charge in [-0.1, -0.05) is 48.0 Å². The second kappa shape index (κ2) is 5.41. The Morgan fingerprint density at radius 3 is 2.42 bits per heavy atom. The Morgan fingerprint density at radius 2 is 1.79 bits per heavy atom. The lowest BCUT2D eigenvalue weighted by Crippen LogP contribution is -2.36. The maximum absolute atomic E-state index is 13.2. The van der Waals surface area contributed by atoms with Crippen LogP contribution in [0.15, 0.2) is 59.5 Å². The highest BCUT2D eigenvalue weighted by Crippen LogP contribution is 2.67. The van der Waals surface area contributed by atoms with E-state index >= 15 is 0 Å². The van der Waals surface area contributed by atoms with E-state index in [1.165, 1.54) is 0 Å². The van der Waals surface area contributed by atoms with Crippen molar-refractivity contribution < 1.29 is 13.5 Å². The number of nitrogens with zero attached hydrogens (tertiary/aromatic N) is 1. The van der Waals surface area contributed by atoms with E-state index in [0.717, 1.165) is 17.5 Å². The predicted octanol–water partition coefficient (Wildman–Crippen LogP) is 2.74. The number of sulfonamides is 1. The first-order chi connectivity index (χ1) is 11.5. The van der Waals surface area contributed by atoms with Crippen LogP contribution in [0.2, 0.25) is 0 Å². The van der Waals surface area contributed by atoms with Crippen LogP contribution in [0.5, 0.6) is 0 Å². The van der Waals surface area contributed by atoms with E-state index in [0.29, 0.717) is 11.4 Å². The molecule has 0 aromatic heterocycles. The molecule has 1 N–H and O–H groups in total. The van der Waals surface area contributed by atoms with E-state index in [2.05, 4.69) is 0 Å². The molecule has 24 heavy (non-hydrogen) atoms. The molecule has 0 bridgehead atoms. The summed E-state index contributed by atoms with van der Waals surface area (Å²) in [7, 11) is -3.58. The molecule has 5 heteroatoms. The van der Waals surface area contributed by atoms with Gasteiger partial charge in [-0.25, -0.2) is 8.42 Å². The number of hydrogen-bond acceptors (Lipinski definition) is 3. The monoisotopic (exact) mass is 343 g/mol. The molecule has 0 spiro atoms. The van der Waals surface area contributed by atoms with Crippen LogP contribution in [0.3, 0.4) is 0 Å². The number of piperidine rings is 1. The molecule has 3 atom stereocenters. The molecule has 2 fully saturated rings. The van der Waals surface area contributed by atoms with Gasteiger partial charge < -0.3 is 5.11 Å². The van der Waals surface area contributed by atoms with Gasteiger partial charge in [-0.15, -0.1) is 0 Å². The maximum atomic E-state index is 13.2. The Hall–Kier alpha value is -1.69. The van der Waals surface area contributed by atoms with Crippen LogP contribution in [0.1, 0.15) is 23.6 Å². The number of benzene rings is 2. The van der Waals surface area contributed by atoms with Crippen LogP contribution in [-0.4, -0.2) is 31.0 Å². The molecule has 0 unspecified atom stereocenters. The minimum atomic E-state index is -3.58. The number of aliphatic hydroxyl groups is 1. The Balaban J connectivity index is 1.78. The Morgan fingerprint density at radius 1 is 1.12 bits per heavy atom. The molecule has 0 amide bonds. The van der Waals surface area contributed by atoms with Crippen molar-refractivity contribution >= 4 is 10.0 Å². The molecule has 4 rings (SSSR count). The number of hydrogen-bond donors (Lipinski definition) is 1. The second-order valence-corrected chi connectivity index (χ2v) is 8.88. The van der Waals surface area contributed by atoms with Crippen LogP contribution >= 0.6 is 0 Å². The number of aliphatic hydroxyl groups excluding tert-OH is 1. The smallest absolute Gasteiger partial charge is 0.243 e. The van der Waals surface area contributed by atoms with Gasteiger partial charge in [-0.05, 0) is 37.0 Å². The fraction of sp³-hybridized carbons (Fsp3) is 0.368. The van der Waals surface area contributed by atoms with E-state index in [-0.39, 0.29) is 24.0 Å². The van der Waals surface area contributed by atoms with Gasteiger partial charge in [0.15, 0.2) is 0 Å². The summed E-state index contributed by atoms with van der Waals surface area (Å²) < 4.78 is 28.0. The standard InChI is InChI=1S/C19H21NO3S/c1-14-7-9-17(10-8-14)24(22,23)20-12-16-11-19(16,13-21)18(20)15-5-3-2-4-6-15/h2-10,16,18,21H,11-13H2,1H3/t16-,18-,19+/m1/s1. The minimum absolute atomic E-state index is 0.0249. The Kier molecular flexibility index (Phi) is 3.56. The van der Waals surface area contributed by atoms with Crippen molar-refractivity contribution in [3.8, 4) is 0 Å². The van der Waals surface area contributed by atoms with E-state index in [1.54, 1.807) is 16.4 Å². The molecule has 1 saturated heterocycles. The highest BCUT2D eigenvalue weighted by molar-refractivity contribution is 7.89. The fourth-order valence-corrected chi connectivity index (χ4v) is 5.82. The van der Waals surface area contributed by atoms with E-state index in [9.17, 15) is 13.5 Å². The lowest BCUT2D eigenvalue weighted by molar-refractivity contribution is 0.162. The zero-order chi connectivity index (χ0) is 16.9. The quantitative estimate of drug-likeness (QED) is 0.929. The lowest BCUT2D eigenvalue weighted by atomic mass is 9.91. The van der Waals surface area contributed by atoms with Crippen molar-refractivity contribution in [3.05, 3.63) is 65.7 Å². The molecule has 2 aromatic carbocycles. The molecule has 126 valence electrons. The fourth-order valence-electron chi connectivity index (χ4n) is 4.09. The minimum Gasteiger partial charge on any atom is -0.396 e. The van der Waals surface area contributed by atoms with Crippen molar-refractivity contribution in [2.75, 3.05) is 13.2 Å². The van der Waals surface area contributed by atoms with Gasteiger partial charge in [-0.2, -0.15) is 4.31 Å². The molecule has 2 aliphatic rings. The van der Waals surface area contributed by atoms with Crippen molar-refractivity contribution in [2.45, 2.75) is 24.3 Å². The van der Waals surface area contributed by atoms with E-state index < -0.39 is 10.0 Å². The van der Waals surface area contributed by atoms with Gasteiger partial charge in [-0.3, -0.25) is 0 Å². The molecule has 1 aliphatic carbocycles. The highest BCUT2D eigenvalue weighted by atomic mass is 32.2. The molecular formula is C19H21NO3S. The first-order valence-electron chi connectivity index (χ1n) is 8.23. The van der Waals surface area contributed by atoms with Gasteiger partial charge >= 0.3 is 0 Å². The van der Waals surface area contributed by atoms with Gasteiger partial charge in [0.2, 0.25) is 10.0 Å². The average molecular weight is 343 g/mol. The number of aryl methyl sites for hydroxylation is 1. The zero-order valence-corrected chi connectivity index (χ0v) is 14.4. The van der Waals surface area contributed by atoms with Gasteiger partial charge in [0.25, 0.3) is 0 Å². The Labute approximate surface area is 142 Å². The zero-order valence-electron chi connectivity index (χ0n) is 13.6. The van der Waals surface area contributed by atoms with Gasteiger partial charge in [0, 0.05) is 12.0 Å². The molecule has 1 heterocycles. The molecule has 4 nitrogen and oxygen atoms in total. The van der Waals surface area contributed by atoms with E-state index in [1.807, 2.05) is 49.4 Å². The SMILES string of the molecule is Cc1ccc(S(=O)(=O)N2C[C@H]3C[C@@]3(CO)[C@H]2c2ccccc2)cc1. The highest BCUT2D eigenvalue weighted by Gasteiger charge is 2.68. The van der Waals surface area contributed by atoms with Gasteiger partial charge in [0.05, 0.1) is 17.5 Å². The van der Waals surface area contributed by atoms with Crippen LogP contribution in [-0.2, 0) is 10.0 Å². The Bertz CT molecular complexity index is 844. The molecule has 0 radical (unpaired) electrons. The summed E-state index contributed by atoms with van der Waals surface area (Å²) in [6.45, 7) is 2.45. The average Bonchev–Trinajstić information content (AvgIpc) is 3.21. The third kappa shape index (κ3) is 2.23. The first-order valence-corrected chi connectivity index (χ1v) is 9.67. The summed E-state index contributed by atoms with van der Waals surface area (Å²) in [6.07, 6.45) is 0.892. The topological polar surface area (TPSA) is 57.6 Å². The summed E-state index contributed by atoms with van der Waals surface area (Å²) in [4.78, 5) is 0.323. The molecule has 1 saturated carbocycles. The summed E-state index contributed by atoms with van der Waals surface area (Å²) in [5, 5.41) is 9.97. The van der Waals surface area contributed by atoms with E-state index in [4.69, 9.17) is 0 Å². The third-order valence-electron chi connectivity index (χ3n) is 5.55. The largest absolute Gasteiger partial charge is 0.396 e. The first kappa shape index (κ1) is 15.8. The summed E-state index contributed by atoms with van der Waals surface area (Å²) in [6, 6.07) is 16.4. The third-order valence-corrected chi connectivity index (χ3v) is 7.39. The van der Waals surface area contributed by atoms with Crippen molar-refractivity contribution in [3.63, 3.8) is 0 Å². The normalized spacial score (nSPS) is 29.4.